The van der Waals surface area contributed by atoms with Crippen molar-refractivity contribution in [2.75, 3.05) is 5.75 Å². The Morgan fingerprint density at radius 2 is 1.91 bits per heavy atom. The highest BCUT2D eigenvalue weighted by atomic mass is 32.2. The fourth-order valence-electron chi connectivity index (χ4n) is 9.78. The third-order valence-electron chi connectivity index (χ3n) is 12.0. The molecule has 0 radical (unpaired) electrons. The molecule has 0 aliphatic heterocycles. The number of carbonyl (C=O) groups is 1. The van der Waals surface area contributed by atoms with E-state index in [4.69, 9.17) is 0 Å². The summed E-state index contributed by atoms with van der Waals surface area (Å²) in [5.41, 5.74) is 2.67. The molecule has 9 heteroatoms. The minimum absolute atomic E-state index is 0.0251. The van der Waals surface area contributed by atoms with Crippen LogP contribution in [0.25, 0.3) is 22.7 Å². The number of ketones is 1. The molecule has 232 valence electrons. The van der Waals surface area contributed by atoms with E-state index in [1.165, 1.54) is 35.8 Å². The van der Waals surface area contributed by atoms with Gasteiger partial charge < -0.3 is 10.2 Å². The predicted octanol–water partition coefficient (Wildman–Crippen LogP) is 6.20. The average molecular weight is 625 g/mol. The number of Topliss-reactive ketones (excluding diaryl/α,β-unsaturated/α-hetero) is 1. The lowest BCUT2D eigenvalue weighted by Crippen LogP contribution is -2.62. The molecular weight excluding hydrogens is 587 g/mol. The van der Waals surface area contributed by atoms with Gasteiger partial charge in [0.15, 0.2) is 5.78 Å². The third kappa shape index (κ3) is 4.23. The van der Waals surface area contributed by atoms with Gasteiger partial charge >= 0.3 is 0 Å². The van der Waals surface area contributed by atoms with E-state index in [1.807, 2.05) is 42.1 Å². The number of rotatable bonds is 5. The second kappa shape index (κ2) is 10.3. The lowest BCUT2D eigenvalue weighted by atomic mass is 9.45. The van der Waals surface area contributed by atoms with Crippen LogP contribution in [-0.4, -0.2) is 53.2 Å². The Balaban J connectivity index is 1.05. The van der Waals surface area contributed by atoms with Crippen LogP contribution < -0.4 is 0 Å². The van der Waals surface area contributed by atoms with Crippen LogP contribution in [0.2, 0.25) is 0 Å². The molecule has 3 fully saturated rings. The van der Waals surface area contributed by atoms with Gasteiger partial charge in [0.25, 0.3) is 0 Å². The number of aromatic nitrogens is 4. The second-order valence-corrected chi connectivity index (χ2v) is 15.0. The molecule has 4 aromatic rings. The Hall–Kier alpha value is -3.40. The standard InChI is InChI=1S/C36H37FN4O3S/c1-34-16-21-18-40-41(24-10-8-23(37)9-11-24)29(21)15-22(34)7-12-25-27-13-14-36(44,35(27,2)17-30(42)32(25)34)31(43)19-45-33-26-5-3-4-6-28(26)38-20-39-33/h3-6,8-11,15,18,20,25,27,30,32,42,44H,7,12-14,16-17,19H2,1-2H3/t25?,27?,30-,32?,34?,35?,36-/m0/s1. The minimum Gasteiger partial charge on any atom is -0.393 e. The predicted molar refractivity (Wildman–Crippen MR) is 171 cm³/mol. The number of halogens is 1. The van der Waals surface area contributed by atoms with E-state index in [9.17, 15) is 19.4 Å². The summed E-state index contributed by atoms with van der Waals surface area (Å²) in [6.07, 6.45) is 9.19. The molecule has 2 aromatic carbocycles. The normalized spacial score (nSPS) is 33.6. The molecule has 45 heavy (non-hydrogen) atoms. The molecule has 0 bridgehead atoms. The van der Waals surface area contributed by atoms with Crippen LogP contribution in [0.1, 0.15) is 57.2 Å². The van der Waals surface area contributed by atoms with Crippen LogP contribution in [0.3, 0.4) is 0 Å². The number of hydrogen-bond donors (Lipinski definition) is 2. The first kappa shape index (κ1) is 29.0. The Kier molecular flexibility index (Phi) is 6.65. The highest BCUT2D eigenvalue weighted by Crippen LogP contribution is 2.67. The molecule has 8 rings (SSSR count). The molecule has 7 nitrogen and oxygen atoms in total. The van der Waals surface area contributed by atoms with Crippen molar-refractivity contribution in [3.8, 4) is 5.69 Å². The summed E-state index contributed by atoms with van der Waals surface area (Å²) in [6, 6.07) is 14.1. The first-order valence-electron chi connectivity index (χ1n) is 15.9. The smallest absolute Gasteiger partial charge is 0.175 e. The fourth-order valence-corrected chi connectivity index (χ4v) is 10.7. The number of para-hydroxylation sites is 1. The maximum absolute atomic E-state index is 13.9. The first-order chi connectivity index (χ1) is 21.6. The average Bonchev–Trinajstić information content (AvgIpc) is 3.55. The summed E-state index contributed by atoms with van der Waals surface area (Å²) in [5, 5.41) is 30.5. The summed E-state index contributed by atoms with van der Waals surface area (Å²) in [4.78, 5) is 22.7. The zero-order valence-electron chi connectivity index (χ0n) is 25.5. The van der Waals surface area contributed by atoms with Crippen LogP contribution in [0.15, 0.2) is 71.7 Å². The van der Waals surface area contributed by atoms with Gasteiger partial charge in [-0.15, -0.1) is 0 Å². The van der Waals surface area contributed by atoms with Crippen LogP contribution in [0.4, 0.5) is 4.39 Å². The van der Waals surface area contributed by atoms with Crippen molar-refractivity contribution in [1.82, 2.24) is 19.7 Å². The molecular formula is C36H37FN4O3S. The van der Waals surface area contributed by atoms with E-state index in [0.717, 1.165) is 58.6 Å². The zero-order chi connectivity index (χ0) is 31.1. The summed E-state index contributed by atoms with van der Waals surface area (Å²) in [5.74, 6) is 0.0402. The second-order valence-electron chi connectivity index (χ2n) is 14.0. The van der Waals surface area contributed by atoms with Crippen molar-refractivity contribution in [3.05, 3.63) is 83.7 Å². The minimum atomic E-state index is -1.49. The van der Waals surface area contributed by atoms with Gasteiger partial charge in [0.05, 0.1) is 35.0 Å². The number of aliphatic hydroxyl groups excluding tert-OH is 1. The number of thioether (sulfide) groups is 1. The van der Waals surface area contributed by atoms with Crippen LogP contribution >= 0.6 is 11.8 Å². The molecule has 2 N–H and O–H groups in total. The van der Waals surface area contributed by atoms with Crippen LogP contribution in [-0.2, 0) is 11.2 Å². The lowest BCUT2D eigenvalue weighted by molar-refractivity contribution is -0.177. The summed E-state index contributed by atoms with van der Waals surface area (Å²) in [7, 11) is 0. The molecule has 4 aliphatic carbocycles. The molecule has 3 saturated carbocycles. The molecule has 0 spiro atoms. The Morgan fingerprint density at radius 3 is 2.73 bits per heavy atom. The summed E-state index contributed by atoms with van der Waals surface area (Å²) >= 11 is 1.36. The summed E-state index contributed by atoms with van der Waals surface area (Å²) < 4.78 is 15.5. The van der Waals surface area contributed by atoms with E-state index in [1.54, 1.807) is 12.1 Å². The number of benzene rings is 2. The first-order valence-corrected chi connectivity index (χ1v) is 16.9. The Bertz CT molecular complexity index is 1850. The van der Waals surface area contributed by atoms with Gasteiger partial charge in [0.2, 0.25) is 0 Å². The third-order valence-corrected chi connectivity index (χ3v) is 13.0. The molecule has 4 aliphatic rings. The number of nitrogens with zero attached hydrogens (tertiary/aromatic N) is 4. The van der Waals surface area contributed by atoms with E-state index in [2.05, 4.69) is 28.1 Å². The molecule has 2 aromatic heterocycles. The molecule has 0 amide bonds. The SMILES string of the molecule is CC12Cc3cnn(-c4ccc(F)cc4)c3C=C1CCC1C2[C@@H](O)CC2(C)C1CC[C@]2(O)C(=O)CSc1ncnc2ccccc12. The number of hydrogen-bond acceptors (Lipinski definition) is 7. The van der Waals surface area contributed by atoms with Gasteiger partial charge in [-0.25, -0.2) is 19.0 Å². The fraction of sp³-hybridized carbons (Fsp3) is 0.444. The van der Waals surface area contributed by atoms with Gasteiger partial charge in [0.1, 0.15) is 22.8 Å². The van der Waals surface area contributed by atoms with E-state index < -0.39 is 17.1 Å². The van der Waals surface area contributed by atoms with Crippen LogP contribution in [0, 0.1) is 34.4 Å². The van der Waals surface area contributed by atoms with Gasteiger partial charge in [-0.05, 0) is 104 Å². The maximum atomic E-state index is 13.9. The van der Waals surface area contributed by atoms with Crippen molar-refractivity contribution in [3.63, 3.8) is 0 Å². The molecule has 7 atom stereocenters. The lowest BCUT2D eigenvalue weighted by Gasteiger charge is -2.60. The zero-order valence-corrected chi connectivity index (χ0v) is 26.3. The monoisotopic (exact) mass is 624 g/mol. The van der Waals surface area contributed by atoms with E-state index in [-0.39, 0.29) is 40.5 Å². The largest absolute Gasteiger partial charge is 0.393 e. The van der Waals surface area contributed by atoms with E-state index >= 15 is 0 Å². The van der Waals surface area contributed by atoms with Crippen molar-refractivity contribution in [1.29, 1.82) is 0 Å². The Labute approximate surface area is 266 Å². The van der Waals surface area contributed by atoms with Gasteiger partial charge in [-0.1, -0.05) is 49.4 Å². The quantitative estimate of drug-likeness (QED) is 0.201. The van der Waals surface area contributed by atoms with E-state index in [0.29, 0.717) is 12.8 Å². The van der Waals surface area contributed by atoms with Gasteiger partial charge in [-0.2, -0.15) is 5.10 Å². The number of fused-ring (bicyclic) bond motifs is 7. The van der Waals surface area contributed by atoms with Crippen molar-refractivity contribution in [2.45, 2.75) is 69.1 Å². The number of aliphatic hydroxyl groups is 2. The number of carbonyl (C=O) groups excluding carboxylic acids is 1. The van der Waals surface area contributed by atoms with Crippen molar-refractivity contribution < 1.29 is 19.4 Å². The Morgan fingerprint density at radius 1 is 1.11 bits per heavy atom. The maximum Gasteiger partial charge on any atom is 0.175 e. The van der Waals surface area contributed by atoms with Gasteiger partial charge in [0, 0.05) is 10.8 Å². The molecule has 5 unspecified atom stereocenters. The highest BCUT2D eigenvalue weighted by molar-refractivity contribution is 8.00. The van der Waals surface area contributed by atoms with Crippen molar-refractivity contribution in [2.24, 2.45) is 28.6 Å². The van der Waals surface area contributed by atoms with Crippen molar-refractivity contribution >= 4 is 34.5 Å². The topological polar surface area (TPSA) is 101 Å². The van der Waals surface area contributed by atoms with Crippen LogP contribution in [0.5, 0.6) is 0 Å². The van der Waals surface area contributed by atoms with Gasteiger partial charge in [-0.3, -0.25) is 4.79 Å². The molecule has 0 saturated heterocycles. The number of allylic oxidation sites excluding steroid dienone is 1. The molecule has 2 heterocycles. The highest BCUT2D eigenvalue weighted by Gasteiger charge is 2.68. The summed E-state index contributed by atoms with van der Waals surface area (Å²) in [6.45, 7) is 4.33.